The standard InChI is InChI=1S/C21H16FN3O2/c22-14-7-4-8-15(11-14)24-17-9-10-18(19-16(17)12-23-21(19)27)25-20(26)13-5-2-1-3-6-13/h1-11,24H,12H2,(H,23,27)(H,25,26). The second kappa shape index (κ2) is 6.92. The average molecular weight is 361 g/mol. The van der Waals surface area contributed by atoms with Crippen molar-refractivity contribution in [1.29, 1.82) is 0 Å². The molecule has 134 valence electrons. The molecule has 5 nitrogen and oxygen atoms in total. The van der Waals surface area contributed by atoms with Crippen LogP contribution in [-0.4, -0.2) is 11.8 Å². The largest absolute Gasteiger partial charge is 0.355 e. The minimum Gasteiger partial charge on any atom is -0.355 e. The fourth-order valence-corrected chi connectivity index (χ4v) is 3.07. The van der Waals surface area contributed by atoms with Gasteiger partial charge in [0.1, 0.15) is 5.82 Å². The van der Waals surface area contributed by atoms with E-state index in [0.717, 1.165) is 5.56 Å². The van der Waals surface area contributed by atoms with Crippen molar-refractivity contribution in [2.45, 2.75) is 6.54 Å². The number of amides is 2. The fraction of sp³-hybridized carbons (Fsp3) is 0.0476. The van der Waals surface area contributed by atoms with Crippen molar-refractivity contribution in [1.82, 2.24) is 5.32 Å². The minimum atomic E-state index is -0.349. The number of fused-ring (bicyclic) bond motifs is 1. The molecule has 0 spiro atoms. The van der Waals surface area contributed by atoms with Crippen molar-refractivity contribution >= 4 is 28.9 Å². The normalized spacial score (nSPS) is 12.3. The second-order valence-corrected chi connectivity index (χ2v) is 6.15. The summed E-state index contributed by atoms with van der Waals surface area (Å²) in [5.41, 5.74) is 3.37. The Hall–Kier alpha value is -3.67. The molecule has 1 aliphatic rings. The van der Waals surface area contributed by atoms with Gasteiger partial charge in [0.15, 0.2) is 0 Å². The molecule has 0 saturated carbocycles. The summed E-state index contributed by atoms with van der Waals surface area (Å²) in [6.07, 6.45) is 0. The number of benzene rings is 3. The van der Waals surface area contributed by atoms with Crippen molar-refractivity contribution in [3.63, 3.8) is 0 Å². The van der Waals surface area contributed by atoms with E-state index in [4.69, 9.17) is 0 Å². The molecule has 0 radical (unpaired) electrons. The van der Waals surface area contributed by atoms with Crippen LogP contribution in [0.4, 0.5) is 21.5 Å². The summed E-state index contributed by atoms with van der Waals surface area (Å²) < 4.78 is 13.4. The molecule has 3 aromatic carbocycles. The Kier molecular flexibility index (Phi) is 4.30. The van der Waals surface area contributed by atoms with E-state index in [1.807, 2.05) is 6.07 Å². The number of carbonyl (C=O) groups is 2. The van der Waals surface area contributed by atoms with Crippen LogP contribution in [0.25, 0.3) is 0 Å². The van der Waals surface area contributed by atoms with Gasteiger partial charge in [-0.15, -0.1) is 0 Å². The van der Waals surface area contributed by atoms with Crippen LogP contribution in [0.15, 0.2) is 66.7 Å². The molecular weight excluding hydrogens is 345 g/mol. The topological polar surface area (TPSA) is 70.2 Å². The summed E-state index contributed by atoms with van der Waals surface area (Å²) in [6.45, 7) is 0.334. The third-order valence-corrected chi connectivity index (χ3v) is 4.35. The number of hydrogen-bond acceptors (Lipinski definition) is 3. The van der Waals surface area contributed by atoms with Gasteiger partial charge in [0.25, 0.3) is 11.8 Å². The van der Waals surface area contributed by atoms with Crippen LogP contribution in [0, 0.1) is 5.82 Å². The molecule has 0 fully saturated rings. The van der Waals surface area contributed by atoms with E-state index in [2.05, 4.69) is 16.0 Å². The molecule has 6 heteroatoms. The molecule has 0 aromatic heterocycles. The Balaban J connectivity index is 1.66. The van der Waals surface area contributed by atoms with Gasteiger partial charge in [-0.25, -0.2) is 4.39 Å². The third-order valence-electron chi connectivity index (χ3n) is 4.35. The quantitative estimate of drug-likeness (QED) is 0.656. The van der Waals surface area contributed by atoms with E-state index in [1.54, 1.807) is 48.5 Å². The second-order valence-electron chi connectivity index (χ2n) is 6.15. The van der Waals surface area contributed by atoms with Crippen molar-refractivity contribution in [3.8, 4) is 0 Å². The lowest BCUT2D eigenvalue weighted by Gasteiger charge is -2.14. The number of anilines is 3. The molecule has 3 N–H and O–H groups in total. The maximum absolute atomic E-state index is 13.4. The van der Waals surface area contributed by atoms with Crippen LogP contribution in [0.1, 0.15) is 26.3 Å². The van der Waals surface area contributed by atoms with Crippen molar-refractivity contribution in [3.05, 3.63) is 89.2 Å². The lowest BCUT2D eigenvalue weighted by atomic mass is 10.0. The van der Waals surface area contributed by atoms with E-state index in [0.29, 0.717) is 34.7 Å². The van der Waals surface area contributed by atoms with Crippen molar-refractivity contribution < 1.29 is 14.0 Å². The summed E-state index contributed by atoms with van der Waals surface area (Å²) in [6, 6.07) is 18.3. The third kappa shape index (κ3) is 3.37. The van der Waals surface area contributed by atoms with Crippen LogP contribution in [0.5, 0.6) is 0 Å². The average Bonchev–Trinajstić information content (AvgIpc) is 3.07. The Morgan fingerprint density at radius 2 is 1.74 bits per heavy atom. The van der Waals surface area contributed by atoms with Gasteiger partial charge in [-0.05, 0) is 42.5 Å². The predicted octanol–water partition coefficient (Wildman–Crippen LogP) is 4.07. The van der Waals surface area contributed by atoms with Crippen molar-refractivity contribution in [2.24, 2.45) is 0 Å². The fourth-order valence-electron chi connectivity index (χ4n) is 3.07. The number of hydrogen-bond donors (Lipinski definition) is 3. The van der Waals surface area contributed by atoms with Gasteiger partial charge in [0, 0.05) is 29.0 Å². The van der Waals surface area contributed by atoms with E-state index >= 15 is 0 Å². The lowest BCUT2D eigenvalue weighted by molar-refractivity contribution is 0.0966. The number of nitrogens with one attached hydrogen (secondary N) is 3. The molecule has 3 aromatic rings. The SMILES string of the molecule is O=C(Nc1ccc(Nc2cccc(F)c2)c2c1C(=O)NC2)c1ccccc1. The Bertz CT molecular complexity index is 1030. The van der Waals surface area contributed by atoms with Gasteiger partial charge >= 0.3 is 0 Å². The highest BCUT2D eigenvalue weighted by atomic mass is 19.1. The maximum Gasteiger partial charge on any atom is 0.255 e. The van der Waals surface area contributed by atoms with Crippen LogP contribution in [0.2, 0.25) is 0 Å². The Morgan fingerprint density at radius 1 is 0.963 bits per heavy atom. The smallest absolute Gasteiger partial charge is 0.255 e. The summed E-state index contributed by atoms with van der Waals surface area (Å²) in [5, 5.41) is 8.71. The first kappa shape index (κ1) is 16.8. The predicted molar refractivity (Wildman–Crippen MR) is 102 cm³/mol. The molecule has 27 heavy (non-hydrogen) atoms. The van der Waals surface area contributed by atoms with Crippen LogP contribution in [0.3, 0.4) is 0 Å². The Morgan fingerprint density at radius 3 is 2.52 bits per heavy atom. The maximum atomic E-state index is 13.4. The van der Waals surface area contributed by atoms with Gasteiger partial charge < -0.3 is 16.0 Å². The van der Waals surface area contributed by atoms with Crippen LogP contribution in [-0.2, 0) is 6.54 Å². The van der Waals surface area contributed by atoms with Crippen molar-refractivity contribution in [2.75, 3.05) is 10.6 Å². The first-order chi connectivity index (χ1) is 13.1. The first-order valence-corrected chi connectivity index (χ1v) is 8.45. The number of halogens is 1. The first-order valence-electron chi connectivity index (χ1n) is 8.45. The summed E-state index contributed by atoms with van der Waals surface area (Å²) in [4.78, 5) is 24.7. The van der Waals surface area contributed by atoms with Crippen LogP contribution < -0.4 is 16.0 Å². The van der Waals surface area contributed by atoms with Gasteiger partial charge in [0.05, 0.1) is 11.3 Å². The minimum absolute atomic E-state index is 0.253. The zero-order valence-corrected chi connectivity index (χ0v) is 14.3. The van der Waals surface area contributed by atoms with Gasteiger partial charge in [0.2, 0.25) is 0 Å². The number of rotatable bonds is 4. The van der Waals surface area contributed by atoms with E-state index in [-0.39, 0.29) is 17.6 Å². The molecule has 0 saturated heterocycles. The zero-order chi connectivity index (χ0) is 18.8. The Labute approximate surface area is 155 Å². The molecule has 1 heterocycles. The van der Waals surface area contributed by atoms with E-state index in [9.17, 15) is 14.0 Å². The van der Waals surface area contributed by atoms with E-state index < -0.39 is 0 Å². The highest BCUT2D eigenvalue weighted by Gasteiger charge is 2.26. The highest BCUT2D eigenvalue weighted by Crippen LogP contribution is 2.33. The molecule has 0 aliphatic carbocycles. The molecule has 0 bridgehead atoms. The van der Waals surface area contributed by atoms with Crippen LogP contribution >= 0.6 is 0 Å². The molecule has 0 atom stereocenters. The molecule has 4 rings (SSSR count). The monoisotopic (exact) mass is 361 g/mol. The van der Waals surface area contributed by atoms with Gasteiger partial charge in [-0.3, -0.25) is 9.59 Å². The molecular formula is C21H16FN3O2. The summed E-state index contributed by atoms with van der Waals surface area (Å²) >= 11 is 0. The highest BCUT2D eigenvalue weighted by molar-refractivity contribution is 6.11. The molecule has 1 aliphatic heterocycles. The summed E-state index contributed by atoms with van der Waals surface area (Å²) in [5.74, 6) is -0.891. The van der Waals surface area contributed by atoms with E-state index in [1.165, 1.54) is 12.1 Å². The van der Waals surface area contributed by atoms with Gasteiger partial charge in [-0.2, -0.15) is 0 Å². The molecule has 2 amide bonds. The van der Waals surface area contributed by atoms with Gasteiger partial charge in [-0.1, -0.05) is 24.3 Å². The zero-order valence-electron chi connectivity index (χ0n) is 14.3. The lowest BCUT2D eigenvalue weighted by Crippen LogP contribution is -2.17. The molecule has 0 unspecified atom stereocenters. The number of carbonyl (C=O) groups excluding carboxylic acids is 2. The summed E-state index contributed by atoms with van der Waals surface area (Å²) in [7, 11) is 0.